The van der Waals surface area contributed by atoms with Gasteiger partial charge >= 0.3 is 5.76 Å². The van der Waals surface area contributed by atoms with Gasteiger partial charge in [-0.1, -0.05) is 5.16 Å². The number of rotatable bonds is 7. The van der Waals surface area contributed by atoms with Gasteiger partial charge in [-0.2, -0.15) is 0 Å². The highest BCUT2D eigenvalue weighted by Gasteiger charge is 2.17. The van der Waals surface area contributed by atoms with Crippen molar-refractivity contribution >= 4 is 5.91 Å². The van der Waals surface area contributed by atoms with Crippen LogP contribution in [0.3, 0.4) is 0 Å². The molecule has 0 unspecified atom stereocenters. The molecule has 136 valence electrons. The summed E-state index contributed by atoms with van der Waals surface area (Å²) >= 11 is 0. The maximum absolute atomic E-state index is 12.1. The second kappa shape index (κ2) is 7.60. The summed E-state index contributed by atoms with van der Waals surface area (Å²) in [5, 5.41) is 6.42. The molecular weight excluding hydrogens is 342 g/mol. The standard InChI is InChI=1S/C17H17N3O6/c1-23-13-6-5-11(8-14(13)24-2)16-19-26-17(22)20(16)10-15(21)18-9-12-4-3-7-25-12/h3-8H,9-10H2,1-2H3,(H,18,21). The van der Waals surface area contributed by atoms with Crippen molar-refractivity contribution in [3.63, 3.8) is 0 Å². The molecule has 0 aliphatic carbocycles. The van der Waals surface area contributed by atoms with Crippen molar-refractivity contribution in [2.75, 3.05) is 14.2 Å². The van der Waals surface area contributed by atoms with Gasteiger partial charge in [0, 0.05) is 5.56 Å². The van der Waals surface area contributed by atoms with E-state index in [-0.39, 0.29) is 24.8 Å². The topological polar surface area (TPSA) is 109 Å². The molecule has 3 rings (SSSR count). The van der Waals surface area contributed by atoms with Crippen molar-refractivity contribution in [3.8, 4) is 22.9 Å². The van der Waals surface area contributed by atoms with Crippen molar-refractivity contribution in [2.24, 2.45) is 0 Å². The average Bonchev–Trinajstić information content (AvgIpc) is 3.30. The Morgan fingerprint density at radius 3 is 2.73 bits per heavy atom. The minimum absolute atomic E-state index is 0.212. The largest absolute Gasteiger partial charge is 0.493 e. The summed E-state index contributed by atoms with van der Waals surface area (Å²) in [4.78, 5) is 24.1. The van der Waals surface area contributed by atoms with E-state index in [1.54, 1.807) is 30.3 Å². The van der Waals surface area contributed by atoms with Crippen LogP contribution >= 0.6 is 0 Å². The van der Waals surface area contributed by atoms with Gasteiger partial charge < -0.3 is 19.2 Å². The summed E-state index contributed by atoms with van der Waals surface area (Å²) < 4.78 is 21.4. The zero-order valence-electron chi connectivity index (χ0n) is 14.2. The lowest BCUT2D eigenvalue weighted by atomic mass is 10.2. The third-order valence-electron chi connectivity index (χ3n) is 3.67. The normalized spacial score (nSPS) is 10.5. The SMILES string of the molecule is COc1ccc(-c2noc(=O)n2CC(=O)NCc2ccco2)cc1OC. The molecule has 1 aromatic carbocycles. The first kappa shape index (κ1) is 17.3. The van der Waals surface area contributed by atoms with E-state index in [1.165, 1.54) is 20.5 Å². The minimum atomic E-state index is -0.733. The first-order valence-corrected chi connectivity index (χ1v) is 7.70. The Morgan fingerprint density at radius 1 is 1.23 bits per heavy atom. The molecule has 9 heteroatoms. The predicted molar refractivity (Wildman–Crippen MR) is 89.9 cm³/mol. The van der Waals surface area contributed by atoms with Crippen LogP contribution < -0.4 is 20.5 Å². The summed E-state index contributed by atoms with van der Waals surface area (Å²) in [5.74, 6) is 0.704. The molecule has 9 nitrogen and oxygen atoms in total. The number of nitrogens with one attached hydrogen (secondary N) is 1. The van der Waals surface area contributed by atoms with Gasteiger partial charge in [-0.15, -0.1) is 0 Å². The number of benzene rings is 1. The van der Waals surface area contributed by atoms with Crippen LogP contribution in [0, 0.1) is 0 Å². The molecule has 1 amide bonds. The molecule has 1 N–H and O–H groups in total. The number of methoxy groups -OCH3 is 2. The number of carbonyl (C=O) groups excluding carboxylic acids is 1. The summed E-state index contributed by atoms with van der Waals surface area (Å²) in [5.41, 5.74) is 0.548. The quantitative estimate of drug-likeness (QED) is 0.680. The summed E-state index contributed by atoms with van der Waals surface area (Å²) in [6.45, 7) is -0.0235. The van der Waals surface area contributed by atoms with Crippen molar-refractivity contribution in [2.45, 2.75) is 13.1 Å². The van der Waals surface area contributed by atoms with Crippen molar-refractivity contribution < 1.29 is 23.2 Å². The van der Waals surface area contributed by atoms with Crippen LogP contribution in [0.1, 0.15) is 5.76 Å². The Kier molecular flexibility index (Phi) is 5.07. The number of hydrogen-bond acceptors (Lipinski definition) is 7. The van der Waals surface area contributed by atoms with Gasteiger partial charge in [0.2, 0.25) is 5.91 Å². The number of nitrogens with zero attached hydrogens (tertiary/aromatic N) is 2. The monoisotopic (exact) mass is 359 g/mol. The van der Waals surface area contributed by atoms with Gasteiger partial charge in [-0.3, -0.25) is 9.32 Å². The first-order chi connectivity index (χ1) is 12.6. The fourth-order valence-electron chi connectivity index (χ4n) is 2.39. The van der Waals surface area contributed by atoms with Gasteiger partial charge in [0.25, 0.3) is 0 Å². The first-order valence-electron chi connectivity index (χ1n) is 7.70. The molecule has 0 atom stereocenters. The van der Waals surface area contributed by atoms with Crippen LogP contribution in [0.2, 0.25) is 0 Å². The van der Waals surface area contributed by atoms with E-state index in [1.807, 2.05) is 0 Å². The van der Waals surface area contributed by atoms with E-state index in [2.05, 4.69) is 10.5 Å². The molecule has 0 spiro atoms. The Hall–Kier alpha value is -3.49. The lowest BCUT2D eigenvalue weighted by Gasteiger charge is -2.09. The second-order valence-electron chi connectivity index (χ2n) is 5.28. The van der Waals surface area contributed by atoms with E-state index < -0.39 is 5.76 Å². The van der Waals surface area contributed by atoms with E-state index in [4.69, 9.17) is 18.4 Å². The summed E-state index contributed by atoms with van der Waals surface area (Å²) in [6, 6.07) is 8.47. The Labute approximate surface area is 148 Å². The van der Waals surface area contributed by atoms with E-state index in [0.717, 1.165) is 4.57 Å². The predicted octanol–water partition coefficient (Wildman–Crippen LogP) is 1.43. The minimum Gasteiger partial charge on any atom is -0.493 e. The second-order valence-corrected chi connectivity index (χ2v) is 5.28. The molecule has 2 aromatic heterocycles. The van der Waals surface area contributed by atoms with Crippen LogP contribution in [0.4, 0.5) is 0 Å². The molecule has 26 heavy (non-hydrogen) atoms. The highest BCUT2D eigenvalue weighted by atomic mass is 16.5. The van der Waals surface area contributed by atoms with Crippen LogP contribution in [-0.4, -0.2) is 29.9 Å². The van der Waals surface area contributed by atoms with Gasteiger partial charge in [0.1, 0.15) is 12.3 Å². The molecule has 0 fully saturated rings. The maximum Gasteiger partial charge on any atom is 0.442 e. The average molecular weight is 359 g/mol. The third kappa shape index (κ3) is 3.61. The number of amides is 1. The van der Waals surface area contributed by atoms with Gasteiger partial charge in [-0.05, 0) is 30.3 Å². The third-order valence-corrected chi connectivity index (χ3v) is 3.67. The molecule has 0 saturated heterocycles. The highest BCUT2D eigenvalue weighted by Crippen LogP contribution is 2.31. The summed E-state index contributed by atoms with van der Waals surface area (Å²) in [7, 11) is 3.02. The number of hydrogen-bond donors (Lipinski definition) is 1. The molecule has 0 bridgehead atoms. The van der Waals surface area contributed by atoms with Crippen LogP contribution in [0.15, 0.2) is 50.3 Å². The number of carbonyl (C=O) groups is 1. The Balaban J connectivity index is 1.80. The van der Waals surface area contributed by atoms with Crippen molar-refractivity contribution in [3.05, 3.63) is 52.9 Å². The van der Waals surface area contributed by atoms with Crippen molar-refractivity contribution in [1.29, 1.82) is 0 Å². The molecule has 0 aliphatic heterocycles. The number of ether oxygens (including phenoxy) is 2. The number of aromatic nitrogens is 2. The van der Waals surface area contributed by atoms with Crippen LogP contribution in [-0.2, 0) is 17.9 Å². The molecule has 0 saturated carbocycles. The highest BCUT2D eigenvalue weighted by molar-refractivity contribution is 5.76. The fourth-order valence-corrected chi connectivity index (χ4v) is 2.39. The Bertz CT molecular complexity index is 942. The smallest absolute Gasteiger partial charge is 0.442 e. The van der Waals surface area contributed by atoms with Crippen LogP contribution in [0.25, 0.3) is 11.4 Å². The zero-order valence-corrected chi connectivity index (χ0v) is 14.2. The zero-order chi connectivity index (χ0) is 18.5. The van der Waals surface area contributed by atoms with Crippen molar-refractivity contribution in [1.82, 2.24) is 15.0 Å². The molecular formula is C17H17N3O6. The van der Waals surface area contributed by atoms with Crippen LogP contribution in [0.5, 0.6) is 11.5 Å². The molecule has 3 aromatic rings. The summed E-state index contributed by atoms with van der Waals surface area (Å²) in [6.07, 6.45) is 1.52. The molecule has 0 aliphatic rings. The van der Waals surface area contributed by atoms with Gasteiger partial charge in [-0.25, -0.2) is 9.36 Å². The Morgan fingerprint density at radius 2 is 2.04 bits per heavy atom. The van der Waals surface area contributed by atoms with Gasteiger partial charge in [0.15, 0.2) is 17.3 Å². The maximum atomic E-state index is 12.1. The van der Waals surface area contributed by atoms with Gasteiger partial charge in [0.05, 0.1) is 27.0 Å². The molecule has 0 radical (unpaired) electrons. The van der Waals surface area contributed by atoms with E-state index in [9.17, 15) is 9.59 Å². The lowest BCUT2D eigenvalue weighted by Crippen LogP contribution is -2.30. The molecule has 2 heterocycles. The fraction of sp³-hybridized carbons (Fsp3) is 0.235. The lowest BCUT2D eigenvalue weighted by molar-refractivity contribution is -0.122. The number of furan rings is 1. The van der Waals surface area contributed by atoms with E-state index >= 15 is 0 Å². The van der Waals surface area contributed by atoms with E-state index in [0.29, 0.717) is 22.8 Å².